The number of carbonyl (C=O) groups is 1. The standard InChI is InChI=1S/C14H14ClN3O3S2/c1-17(9-11-3-4-12(15)22-11)14(19)10-2-5-13-16-23(20,21)7-6-18(13)8-10/h2-5,8H,6-7,9H2,1H3. The summed E-state index contributed by atoms with van der Waals surface area (Å²) in [4.78, 5) is 16.8. The second kappa shape index (κ2) is 6.10. The Morgan fingerprint density at radius 1 is 1.43 bits per heavy atom. The monoisotopic (exact) mass is 371 g/mol. The van der Waals surface area contributed by atoms with Crippen LogP contribution in [0.3, 0.4) is 0 Å². The van der Waals surface area contributed by atoms with Crippen LogP contribution in [-0.4, -0.2) is 49.3 Å². The molecule has 2 aliphatic rings. The van der Waals surface area contributed by atoms with Gasteiger partial charge in [0, 0.05) is 24.7 Å². The maximum atomic E-state index is 12.5. The molecule has 0 N–H and O–H groups in total. The Kier molecular flexibility index (Phi) is 4.31. The van der Waals surface area contributed by atoms with Crippen molar-refractivity contribution < 1.29 is 13.2 Å². The van der Waals surface area contributed by atoms with Gasteiger partial charge < -0.3 is 9.80 Å². The van der Waals surface area contributed by atoms with Crippen LogP contribution in [0, 0.1) is 0 Å². The molecule has 9 heteroatoms. The summed E-state index contributed by atoms with van der Waals surface area (Å²) in [6, 6.07) is 3.69. The zero-order valence-corrected chi connectivity index (χ0v) is 14.7. The number of hydrogen-bond donors (Lipinski definition) is 0. The van der Waals surface area contributed by atoms with E-state index in [-0.39, 0.29) is 11.7 Å². The van der Waals surface area contributed by atoms with Crippen LogP contribution in [0.25, 0.3) is 0 Å². The Hall–Kier alpha value is -1.64. The van der Waals surface area contributed by atoms with E-state index in [9.17, 15) is 13.2 Å². The minimum Gasteiger partial charge on any atom is -0.337 e. The number of sulfonamides is 1. The van der Waals surface area contributed by atoms with Crippen LogP contribution in [0.15, 0.2) is 40.5 Å². The van der Waals surface area contributed by atoms with Gasteiger partial charge in [0.25, 0.3) is 15.9 Å². The molecule has 0 spiro atoms. The van der Waals surface area contributed by atoms with Gasteiger partial charge in [-0.25, -0.2) is 8.42 Å². The van der Waals surface area contributed by atoms with E-state index >= 15 is 0 Å². The lowest BCUT2D eigenvalue weighted by molar-refractivity contribution is -0.126. The molecule has 1 aromatic heterocycles. The van der Waals surface area contributed by atoms with E-state index < -0.39 is 10.0 Å². The Morgan fingerprint density at radius 3 is 2.91 bits per heavy atom. The zero-order valence-electron chi connectivity index (χ0n) is 12.3. The summed E-state index contributed by atoms with van der Waals surface area (Å²) in [7, 11) is -1.67. The average Bonchev–Trinajstić information content (AvgIpc) is 2.90. The fourth-order valence-corrected chi connectivity index (χ4v) is 4.40. The van der Waals surface area contributed by atoms with Crippen LogP contribution in [0.2, 0.25) is 4.34 Å². The Balaban J connectivity index is 1.74. The number of amides is 1. The second-order valence-electron chi connectivity index (χ2n) is 5.21. The van der Waals surface area contributed by atoms with Crippen molar-refractivity contribution in [1.29, 1.82) is 0 Å². The zero-order chi connectivity index (χ0) is 16.6. The average molecular weight is 372 g/mol. The lowest BCUT2D eigenvalue weighted by Gasteiger charge is -2.28. The van der Waals surface area contributed by atoms with Gasteiger partial charge in [0.1, 0.15) is 5.84 Å². The van der Waals surface area contributed by atoms with Crippen molar-refractivity contribution in [2.75, 3.05) is 19.3 Å². The fraction of sp³-hybridized carbons (Fsp3) is 0.286. The van der Waals surface area contributed by atoms with E-state index in [2.05, 4.69) is 4.40 Å². The SMILES string of the molecule is CN(Cc1ccc(Cl)s1)C(=O)C1=CN2CCS(=O)(=O)N=C2C=C1. The highest BCUT2D eigenvalue weighted by Gasteiger charge is 2.25. The predicted molar refractivity (Wildman–Crippen MR) is 91.0 cm³/mol. The summed E-state index contributed by atoms with van der Waals surface area (Å²) in [6.45, 7) is 0.767. The van der Waals surface area contributed by atoms with Crippen LogP contribution < -0.4 is 0 Å². The number of amidine groups is 1. The van der Waals surface area contributed by atoms with Crippen LogP contribution in [0.4, 0.5) is 0 Å². The summed E-state index contributed by atoms with van der Waals surface area (Å²) in [6.07, 6.45) is 4.80. The maximum Gasteiger partial charge on any atom is 0.256 e. The molecular weight excluding hydrogens is 358 g/mol. The molecule has 0 aliphatic carbocycles. The minimum absolute atomic E-state index is 0.0498. The van der Waals surface area contributed by atoms with E-state index in [0.717, 1.165) is 4.88 Å². The molecule has 0 saturated heterocycles. The number of likely N-dealkylation sites (N-methyl/N-ethyl adjacent to an activating group) is 1. The number of hydrogen-bond acceptors (Lipinski definition) is 5. The normalized spacial score (nSPS) is 19.0. The van der Waals surface area contributed by atoms with Gasteiger partial charge in [0.05, 0.1) is 22.2 Å². The van der Waals surface area contributed by atoms with Gasteiger partial charge in [-0.3, -0.25) is 4.79 Å². The highest BCUT2D eigenvalue weighted by Crippen LogP contribution is 2.23. The number of halogens is 1. The van der Waals surface area contributed by atoms with Gasteiger partial charge in [-0.15, -0.1) is 15.7 Å². The number of thiophene rings is 1. The van der Waals surface area contributed by atoms with Crippen molar-refractivity contribution >= 4 is 44.7 Å². The van der Waals surface area contributed by atoms with Gasteiger partial charge in [-0.2, -0.15) is 0 Å². The Bertz CT molecular complexity index is 839. The van der Waals surface area contributed by atoms with Crippen molar-refractivity contribution in [3.8, 4) is 0 Å². The third kappa shape index (κ3) is 3.65. The molecule has 0 atom stereocenters. The van der Waals surface area contributed by atoms with E-state index in [1.54, 1.807) is 41.3 Å². The third-order valence-electron chi connectivity index (χ3n) is 3.44. The van der Waals surface area contributed by atoms with Crippen LogP contribution in [0.1, 0.15) is 4.88 Å². The third-order valence-corrected chi connectivity index (χ3v) is 5.82. The summed E-state index contributed by atoms with van der Waals surface area (Å²) in [5.41, 5.74) is 0.494. The van der Waals surface area contributed by atoms with Gasteiger partial charge in [0.2, 0.25) is 0 Å². The smallest absolute Gasteiger partial charge is 0.256 e. The fourth-order valence-electron chi connectivity index (χ4n) is 2.29. The van der Waals surface area contributed by atoms with Crippen LogP contribution in [0.5, 0.6) is 0 Å². The van der Waals surface area contributed by atoms with E-state index in [1.165, 1.54) is 11.3 Å². The lowest BCUT2D eigenvalue weighted by Crippen LogP contribution is -2.38. The van der Waals surface area contributed by atoms with Crippen LogP contribution >= 0.6 is 22.9 Å². The summed E-state index contributed by atoms with van der Waals surface area (Å²) < 4.78 is 27.3. The number of fused-ring (bicyclic) bond motifs is 1. The first-order valence-corrected chi connectivity index (χ1v) is 9.63. The highest BCUT2D eigenvalue weighted by atomic mass is 35.5. The topological polar surface area (TPSA) is 70.1 Å². The number of carbonyl (C=O) groups excluding carboxylic acids is 1. The first-order valence-electron chi connectivity index (χ1n) is 6.83. The predicted octanol–water partition coefficient (Wildman–Crippen LogP) is 1.86. The van der Waals surface area contributed by atoms with Crippen molar-refractivity contribution in [3.63, 3.8) is 0 Å². The van der Waals surface area contributed by atoms with E-state index in [0.29, 0.717) is 28.8 Å². The van der Waals surface area contributed by atoms with Gasteiger partial charge in [0.15, 0.2) is 0 Å². The van der Waals surface area contributed by atoms with Gasteiger partial charge in [-0.1, -0.05) is 11.6 Å². The van der Waals surface area contributed by atoms with E-state index in [1.807, 2.05) is 6.07 Å². The molecule has 0 saturated carbocycles. The van der Waals surface area contributed by atoms with Crippen molar-refractivity contribution in [3.05, 3.63) is 45.3 Å². The molecule has 0 aromatic carbocycles. The molecule has 3 rings (SSSR count). The molecule has 1 amide bonds. The first kappa shape index (κ1) is 16.2. The largest absolute Gasteiger partial charge is 0.337 e. The number of nitrogens with zero attached hydrogens (tertiary/aromatic N) is 3. The molecular formula is C14H14ClN3O3S2. The summed E-state index contributed by atoms with van der Waals surface area (Å²) >= 11 is 7.33. The van der Waals surface area contributed by atoms with Crippen molar-refractivity contribution in [2.24, 2.45) is 4.40 Å². The number of rotatable bonds is 3. The molecule has 2 aliphatic heterocycles. The van der Waals surface area contributed by atoms with Crippen molar-refractivity contribution in [1.82, 2.24) is 9.80 Å². The molecule has 0 radical (unpaired) electrons. The summed E-state index contributed by atoms with van der Waals surface area (Å²) in [5.74, 6) is 0.157. The Morgan fingerprint density at radius 2 is 2.22 bits per heavy atom. The summed E-state index contributed by atoms with van der Waals surface area (Å²) in [5, 5.41) is 0. The molecule has 23 heavy (non-hydrogen) atoms. The minimum atomic E-state index is -3.39. The maximum absolute atomic E-state index is 12.5. The highest BCUT2D eigenvalue weighted by molar-refractivity contribution is 7.90. The first-order chi connectivity index (χ1) is 10.8. The molecule has 0 unspecified atom stereocenters. The molecule has 122 valence electrons. The molecule has 0 bridgehead atoms. The Labute approximate surface area is 143 Å². The lowest BCUT2D eigenvalue weighted by atomic mass is 10.1. The van der Waals surface area contributed by atoms with Gasteiger partial charge in [-0.05, 0) is 24.3 Å². The second-order valence-corrected chi connectivity index (χ2v) is 8.77. The molecule has 1 aromatic rings. The van der Waals surface area contributed by atoms with Crippen molar-refractivity contribution in [2.45, 2.75) is 6.54 Å². The van der Waals surface area contributed by atoms with E-state index in [4.69, 9.17) is 11.6 Å². The quantitative estimate of drug-likeness (QED) is 0.813. The molecule has 3 heterocycles. The van der Waals surface area contributed by atoms with Crippen LogP contribution in [-0.2, 0) is 21.4 Å². The molecule has 6 nitrogen and oxygen atoms in total. The van der Waals surface area contributed by atoms with Gasteiger partial charge >= 0.3 is 0 Å². The molecule has 0 fully saturated rings.